The zero-order chi connectivity index (χ0) is 8.97. The van der Waals surface area contributed by atoms with Gasteiger partial charge in [0.1, 0.15) is 4.60 Å². The summed E-state index contributed by atoms with van der Waals surface area (Å²) in [6.45, 7) is 0.112. The smallest absolute Gasteiger partial charge is 0.106 e. The summed E-state index contributed by atoms with van der Waals surface area (Å²) in [7, 11) is 0. The first-order valence-electron chi connectivity index (χ1n) is 3.72. The van der Waals surface area contributed by atoms with Crippen LogP contribution in [-0.4, -0.2) is 16.7 Å². The van der Waals surface area contributed by atoms with E-state index < -0.39 is 0 Å². The van der Waals surface area contributed by atoms with Gasteiger partial charge in [0.15, 0.2) is 0 Å². The first kappa shape index (κ1) is 9.64. The molecule has 0 unspecified atom stereocenters. The second kappa shape index (κ2) is 4.54. The van der Waals surface area contributed by atoms with E-state index in [1.807, 2.05) is 12.1 Å². The molecule has 3 N–H and O–H groups in total. The van der Waals surface area contributed by atoms with Crippen LogP contribution in [0.25, 0.3) is 0 Å². The molecule has 1 atom stereocenters. The molecule has 12 heavy (non-hydrogen) atoms. The molecule has 3 nitrogen and oxygen atoms in total. The minimum absolute atomic E-state index is 0.103. The van der Waals surface area contributed by atoms with Crippen LogP contribution < -0.4 is 5.73 Å². The maximum Gasteiger partial charge on any atom is 0.106 e. The fourth-order valence-electron chi connectivity index (χ4n) is 0.954. The molecule has 0 amide bonds. The van der Waals surface area contributed by atoms with E-state index in [1.54, 1.807) is 6.20 Å². The van der Waals surface area contributed by atoms with E-state index >= 15 is 0 Å². The number of aromatic nitrogens is 1. The molecule has 0 aliphatic rings. The molecule has 0 spiro atoms. The lowest BCUT2D eigenvalue weighted by Gasteiger charge is -2.09. The summed E-state index contributed by atoms with van der Waals surface area (Å²) in [5.74, 6) is 0. The van der Waals surface area contributed by atoms with Gasteiger partial charge in [-0.2, -0.15) is 0 Å². The second-order valence-corrected chi connectivity index (χ2v) is 3.34. The van der Waals surface area contributed by atoms with Gasteiger partial charge in [-0.05, 0) is 40.0 Å². The van der Waals surface area contributed by atoms with Gasteiger partial charge < -0.3 is 10.8 Å². The number of nitrogens with zero attached hydrogens (tertiary/aromatic N) is 1. The van der Waals surface area contributed by atoms with Gasteiger partial charge in [-0.25, -0.2) is 4.98 Å². The summed E-state index contributed by atoms with van der Waals surface area (Å²) in [5.41, 5.74) is 6.76. The highest BCUT2D eigenvalue weighted by molar-refractivity contribution is 9.10. The van der Waals surface area contributed by atoms with Gasteiger partial charge in [0.25, 0.3) is 0 Å². The molecule has 0 saturated heterocycles. The standard InChI is InChI=1S/C8H11BrN2O/c9-8-5-6(1-3-11-8)7(10)2-4-12/h1,3,5,7,12H,2,4,10H2/t7-/m0/s1. The summed E-state index contributed by atoms with van der Waals surface area (Å²) in [4.78, 5) is 3.98. The van der Waals surface area contributed by atoms with Crippen molar-refractivity contribution in [2.24, 2.45) is 5.73 Å². The van der Waals surface area contributed by atoms with Crippen LogP contribution in [0.2, 0.25) is 0 Å². The van der Waals surface area contributed by atoms with E-state index in [9.17, 15) is 0 Å². The summed E-state index contributed by atoms with van der Waals surface area (Å²) in [5, 5.41) is 8.66. The van der Waals surface area contributed by atoms with E-state index in [2.05, 4.69) is 20.9 Å². The molecule has 1 aromatic heterocycles. The number of aliphatic hydroxyl groups excluding tert-OH is 1. The maximum absolute atomic E-state index is 8.66. The molecule has 0 bridgehead atoms. The molecule has 0 aromatic carbocycles. The highest BCUT2D eigenvalue weighted by Gasteiger charge is 2.04. The van der Waals surface area contributed by atoms with Gasteiger partial charge in [0, 0.05) is 18.8 Å². The predicted octanol–water partition coefficient (Wildman–Crippen LogP) is 1.23. The lowest BCUT2D eigenvalue weighted by atomic mass is 10.1. The van der Waals surface area contributed by atoms with Crippen LogP contribution in [0.3, 0.4) is 0 Å². The van der Waals surface area contributed by atoms with Crippen molar-refractivity contribution in [3.05, 3.63) is 28.5 Å². The quantitative estimate of drug-likeness (QED) is 0.769. The van der Waals surface area contributed by atoms with Gasteiger partial charge in [0.05, 0.1) is 0 Å². The third-order valence-electron chi connectivity index (χ3n) is 1.62. The Bertz CT molecular complexity index is 255. The Morgan fingerprint density at radius 2 is 2.42 bits per heavy atom. The van der Waals surface area contributed by atoms with Crippen molar-refractivity contribution in [1.29, 1.82) is 0 Å². The largest absolute Gasteiger partial charge is 0.396 e. The van der Waals surface area contributed by atoms with Gasteiger partial charge in [-0.15, -0.1) is 0 Å². The van der Waals surface area contributed by atoms with E-state index in [0.717, 1.165) is 10.2 Å². The third-order valence-corrected chi connectivity index (χ3v) is 2.05. The van der Waals surface area contributed by atoms with Crippen molar-refractivity contribution in [2.45, 2.75) is 12.5 Å². The Labute approximate surface area is 79.7 Å². The molecule has 1 aromatic rings. The van der Waals surface area contributed by atoms with Gasteiger partial charge >= 0.3 is 0 Å². The van der Waals surface area contributed by atoms with Crippen molar-refractivity contribution in [1.82, 2.24) is 4.98 Å². The number of aliphatic hydroxyl groups is 1. The number of pyridine rings is 1. The van der Waals surface area contributed by atoms with Crippen molar-refractivity contribution < 1.29 is 5.11 Å². The Morgan fingerprint density at radius 3 is 3.00 bits per heavy atom. The van der Waals surface area contributed by atoms with Crippen LogP contribution in [0.1, 0.15) is 18.0 Å². The highest BCUT2D eigenvalue weighted by Crippen LogP contribution is 2.16. The summed E-state index contributed by atoms with van der Waals surface area (Å²) in [6.07, 6.45) is 2.27. The molecular weight excluding hydrogens is 220 g/mol. The normalized spacial score (nSPS) is 12.9. The summed E-state index contributed by atoms with van der Waals surface area (Å²) in [6, 6.07) is 3.61. The zero-order valence-corrected chi connectivity index (χ0v) is 8.16. The monoisotopic (exact) mass is 230 g/mol. The molecule has 1 rings (SSSR count). The lowest BCUT2D eigenvalue weighted by molar-refractivity contribution is 0.276. The maximum atomic E-state index is 8.66. The van der Waals surface area contributed by atoms with E-state index in [-0.39, 0.29) is 12.6 Å². The van der Waals surface area contributed by atoms with Crippen LogP contribution in [0.15, 0.2) is 22.9 Å². The van der Waals surface area contributed by atoms with Crippen LogP contribution in [0, 0.1) is 0 Å². The third kappa shape index (κ3) is 2.55. The van der Waals surface area contributed by atoms with Gasteiger partial charge in [-0.1, -0.05) is 0 Å². The average molecular weight is 231 g/mol. The number of nitrogens with two attached hydrogens (primary N) is 1. The molecule has 0 saturated carbocycles. The van der Waals surface area contributed by atoms with Crippen LogP contribution in [-0.2, 0) is 0 Å². The first-order valence-corrected chi connectivity index (χ1v) is 4.51. The van der Waals surface area contributed by atoms with Gasteiger partial charge in [0.2, 0.25) is 0 Å². The first-order chi connectivity index (χ1) is 5.74. The molecule has 66 valence electrons. The SMILES string of the molecule is N[C@@H](CCO)c1ccnc(Br)c1. The van der Waals surface area contributed by atoms with Crippen LogP contribution >= 0.6 is 15.9 Å². The number of halogens is 1. The molecule has 1 heterocycles. The Morgan fingerprint density at radius 1 is 1.67 bits per heavy atom. The van der Waals surface area contributed by atoms with E-state index in [4.69, 9.17) is 10.8 Å². The van der Waals surface area contributed by atoms with Gasteiger partial charge in [-0.3, -0.25) is 0 Å². The Kier molecular flexibility index (Phi) is 3.65. The number of hydrogen-bond acceptors (Lipinski definition) is 3. The fraction of sp³-hybridized carbons (Fsp3) is 0.375. The number of rotatable bonds is 3. The lowest BCUT2D eigenvalue weighted by Crippen LogP contribution is -2.11. The molecule has 0 radical (unpaired) electrons. The molecule has 4 heteroatoms. The van der Waals surface area contributed by atoms with Crippen LogP contribution in [0.5, 0.6) is 0 Å². The zero-order valence-electron chi connectivity index (χ0n) is 6.57. The molecule has 0 aliphatic carbocycles. The van der Waals surface area contributed by atoms with E-state index in [1.165, 1.54) is 0 Å². The predicted molar refractivity (Wildman–Crippen MR) is 50.6 cm³/mol. The minimum atomic E-state index is -0.103. The van der Waals surface area contributed by atoms with Crippen molar-refractivity contribution >= 4 is 15.9 Å². The molecular formula is C8H11BrN2O. The topological polar surface area (TPSA) is 59.1 Å². The summed E-state index contributed by atoms with van der Waals surface area (Å²) < 4.78 is 0.772. The highest BCUT2D eigenvalue weighted by atomic mass is 79.9. The van der Waals surface area contributed by atoms with Crippen molar-refractivity contribution in [3.8, 4) is 0 Å². The fourth-order valence-corrected chi connectivity index (χ4v) is 1.34. The molecule has 0 aliphatic heterocycles. The Hall–Kier alpha value is -0.450. The second-order valence-electron chi connectivity index (χ2n) is 2.53. The Balaban J connectivity index is 2.73. The van der Waals surface area contributed by atoms with Crippen molar-refractivity contribution in [2.75, 3.05) is 6.61 Å². The van der Waals surface area contributed by atoms with E-state index in [0.29, 0.717) is 6.42 Å². The molecule has 0 fully saturated rings. The van der Waals surface area contributed by atoms with Crippen LogP contribution in [0.4, 0.5) is 0 Å². The average Bonchev–Trinajstić information content (AvgIpc) is 2.05. The summed E-state index contributed by atoms with van der Waals surface area (Å²) >= 11 is 3.25. The number of hydrogen-bond donors (Lipinski definition) is 2. The van der Waals surface area contributed by atoms with Crippen molar-refractivity contribution in [3.63, 3.8) is 0 Å². The minimum Gasteiger partial charge on any atom is -0.396 e.